The van der Waals surface area contributed by atoms with Crippen molar-refractivity contribution in [1.82, 2.24) is 19.1 Å². The maximum absolute atomic E-state index is 13.2. The number of methoxy groups -OCH3 is 1. The lowest BCUT2D eigenvalue weighted by atomic mass is 10.1. The van der Waals surface area contributed by atoms with Crippen molar-refractivity contribution < 1.29 is 9.47 Å². The van der Waals surface area contributed by atoms with E-state index in [0.29, 0.717) is 19.2 Å². The van der Waals surface area contributed by atoms with Gasteiger partial charge in [-0.15, -0.1) is 0 Å². The van der Waals surface area contributed by atoms with Gasteiger partial charge in [0.15, 0.2) is 5.65 Å². The third-order valence-corrected chi connectivity index (χ3v) is 5.90. The van der Waals surface area contributed by atoms with Crippen molar-refractivity contribution in [2.24, 2.45) is 0 Å². The number of ether oxygens (including phenoxy) is 2. The number of nitrogens with zero attached hydrogens (tertiary/aromatic N) is 4. The molecule has 1 N–H and O–H groups in total. The minimum atomic E-state index is 0.0277. The summed E-state index contributed by atoms with van der Waals surface area (Å²) in [5, 5.41) is 3.35. The summed E-state index contributed by atoms with van der Waals surface area (Å²) in [5.74, 6) is 1.34. The Bertz CT molecular complexity index is 1130. The van der Waals surface area contributed by atoms with E-state index >= 15 is 0 Å². The highest BCUT2D eigenvalue weighted by Crippen LogP contribution is 2.30. The van der Waals surface area contributed by atoms with Gasteiger partial charge in [0.1, 0.15) is 11.3 Å². The van der Waals surface area contributed by atoms with Crippen LogP contribution < -0.4 is 15.7 Å². The normalized spacial score (nSPS) is 16.9. The molecule has 2 aliphatic heterocycles. The van der Waals surface area contributed by atoms with Crippen LogP contribution in [0, 0.1) is 6.92 Å². The molecule has 0 aliphatic carbocycles. The molecular weight excluding hydrogens is 370 g/mol. The van der Waals surface area contributed by atoms with Crippen LogP contribution in [0.5, 0.6) is 5.75 Å². The van der Waals surface area contributed by atoms with Crippen LogP contribution in [0.15, 0.2) is 23.0 Å². The van der Waals surface area contributed by atoms with Gasteiger partial charge in [0, 0.05) is 31.5 Å². The third kappa shape index (κ3) is 3.07. The van der Waals surface area contributed by atoms with Crippen molar-refractivity contribution in [3.63, 3.8) is 0 Å². The fourth-order valence-corrected chi connectivity index (χ4v) is 4.39. The Morgan fingerprint density at radius 2 is 2.07 bits per heavy atom. The molecule has 0 saturated carbocycles. The molecule has 2 aliphatic rings. The van der Waals surface area contributed by atoms with Gasteiger partial charge >= 0.3 is 5.69 Å². The molecule has 0 bridgehead atoms. The first kappa shape index (κ1) is 18.2. The average Bonchev–Trinajstić information content (AvgIpc) is 3.03. The van der Waals surface area contributed by atoms with E-state index in [1.54, 1.807) is 7.11 Å². The number of nitrogens with one attached hydrogen (secondary N) is 1. The summed E-state index contributed by atoms with van der Waals surface area (Å²) in [5.41, 5.74) is 4.57. The SMILES string of the molecule is COc1ccc(Nc2nc3c4c(n2)n(C2CCOCC2)c(=O)n4CCC3)c(C)c1. The van der Waals surface area contributed by atoms with Crippen LogP contribution in [0.3, 0.4) is 0 Å². The van der Waals surface area contributed by atoms with E-state index in [1.807, 2.05) is 34.3 Å². The fourth-order valence-electron chi connectivity index (χ4n) is 4.39. The number of hydrogen-bond donors (Lipinski definition) is 1. The molecule has 8 heteroatoms. The fraction of sp³-hybridized carbons (Fsp3) is 0.476. The van der Waals surface area contributed by atoms with E-state index in [-0.39, 0.29) is 11.7 Å². The Kier molecular flexibility index (Phi) is 4.50. The molecule has 0 spiro atoms. The van der Waals surface area contributed by atoms with E-state index in [9.17, 15) is 4.79 Å². The summed E-state index contributed by atoms with van der Waals surface area (Å²) in [6.45, 7) is 4.10. The summed E-state index contributed by atoms with van der Waals surface area (Å²) in [4.78, 5) is 22.7. The largest absolute Gasteiger partial charge is 0.497 e. The van der Waals surface area contributed by atoms with Crippen LogP contribution in [-0.4, -0.2) is 39.4 Å². The second-order valence-electron chi connectivity index (χ2n) is 7.72. The Labute approximate surface area is 168 Å². The van der Waals surface area contributed by atoms with Crippen molar-refractivity contribution in [1.29, 1.82) is 0 Å². The third-order valence-electron chi connectivity index (χ3n) is 5.90. The summed E-state index contributed by atoms with van der Waals surface area (Å²) in [6, 6.07) is 5.96. The molecular formula is C21H25N5O3. The van der Waals surface area contributed by atoms with Gasteiger partial charge in [-0.05, 0) is 56.4 Å². The zero-order chi connectivity index (χ0) is 20.0. The predicted octanol–water partition coefficient (Wildman–Crippen LogP) is 2.95. The van der Waals surface area contributed by atoms with Crippen LogP contribution >= 0.6 is 0 Å². The van der Waals surface area contributed by atoms with Gasteiger partial charge < -0.3 is 14.8 Å². The van der Waals surface area contributed by atoms with Crippen LogP contribution in [0.4, 0.5) is 11.6 Å². The number of rotatable bonds is 4. The zero-order valence-corrected chi connectivity index (χ0v) is 16.8. The maximum Gasteiger partial charge on any atom is 0.330 e. The number of aryl methyl sites for hydroxylation is 3. The predicted molar refractivity (Wildman–Crippen MR) is 110 cm³/mol. The molecule has 0 atom stereocenters. The van der Waals surface area contributed by atoms with Gasteiger partial charge in [-0.25, -0.2) is 9.78 Å². The molecule has 0 amide bonds. The molecule has 4 heterocycles. The first-order valence-electron chi connectivity index (χ1n) is 10.2. The lowest BCUT2D eigenvalue weighted by Crippen LogP contribution is -2.31. The quantitative estimate of drug-likeness (QED) is 0.731. The highest BCUT2D eigenvalue weighted by molar-refractivity contribution is 5.77. The van der Waals surface area contributed by atoms with E-state index in [2.05, 4.69) is 5.32 Å². The van der Waals surface area contributed by atoms with Crippen molar-refractivity contribution in [3.8, 4) is 5.75 Å². The monoisotopic (exact) mass is 395 g/mol. The maximum atomic E-state index is 13.2. The lowest BCUT2D eigenvalue weighted by molar-refractivity contribution is 0.0694. The van der Waals surface area contributed by atoms with E-state index in [0.717, 1.165) is 66.1 Å². The second kappa shape index (κ2) is 7.18. The smallest absolute Gasteiger partial charge is 0.330 e. The zero-order valence-electron chi connectivity index (χ0n) is 16.8. The van der Waals surface area contributed by atoms with E-state index in [1.165, 1.54) is 0 Å². The molecule has 0 radical (unpaired) electrons. The van der Waals surface area contributed by atoms with Crippen LogP contribution in [0.2, 0.25) is 0 Å². The van der Waals surface area contributed by atoms with Crippen molar-refractivity contribution in [2.75, 3.05) is 25.6 Å². The number of hydrogen-bond acceptors (Lipinski definition) is 6. The molecule has 1 saturated heterocycles. The number of anilines is 2. The van der Waals surface area contributed by atoms with Crippen molar-refractivity contribution in [2.45, 2.75) is 45.2 Å². The first-order valence-corrected chi connectivity index (χ1v) is 10.2. The summed E-state index contributed by atoms with van der Waals surface area (Å²) >= 11 is 0. The topological polar surface area (TPSA) is 83.2 Å². The summed E-state index contributed by atoms with van der Waals surface area (Å²) in [7, 11) is 1.66. The van der Waals surface area contributed by atoms with Gasteiger partial charge in [0.25, 0.3) is 0 Å². The molecule has 8 nitrogen and oxygen atoms in total. The van der Waals surface area contributed by atoms with Crippen molar-refractivity contribution in [3.05, 3.63) is 39.9 Å². The Balaban J connectivity index is 1.62. The molecule has 29 heavy (non-hydrogen) atoms. The molecule has 152 valence electrons. The standard InChI is InChI=1S/C21H25N5O3/c1-13-12-15(28-2)5-6-16(13)22-20-23-17-4-3-9-25-18(17)19(24-20)26(21(25)27)14-7-10-29-11-8-14/h5-6,12,14H,3-4,7-11H2,1-2H3,(H,22,23,24). The lowest BCUT2D eigenvalue weighted by Gasteiger charge is -2.23. The Morgan fingerprint density at radius 3 is 2.83 bits per heavy atom. The minimum Gasteiger partial charge on any atom is -0.497 e. The highest BCUT2D eigenvalue weighted by Gasteiger charge is 2.28. The minimum absolute atomic E-state index is 0.0277. The van der Waals surface area contributed by atoms with E-state index in [4.69, 9.17) is 19.4 Å². The Morgan fingerprint density at radius 1 is 1.24 bits per heavy atom. The molecule has 2 aromatic heterocycles. The van der Waals surface area contributed by atoms with Gasteiger partial charge in [-0.3, -0.25) is 9.13 Å². The van der Waals surface area contributed by atoms with Gasteiger partial charge in [0.2, 0.25) is 5.95 Å². The highest BCUT2D eigenvalue weighted by atomic mass is 16.5. The molecule has 1 aromatic carbocycles. The van der Waals surface area contributed by atoms with Crippen molar-refractivity contribution >= 4 is 22.8 Å². The average molecular weight is 395 g/mol. The van der Waals surface area contributed by atoms with E-state index < -0.39 is 0 Å². The van der Waals surface area contributed by atoms with Gasteiger partial charge in [-0.1, -0.05) is 0 Å². The number of benzene rings is 1. The number of imidazole rings is 1. The summed E-state index contributed by atoms with van der Waals surface area (Å²) < 4.78 is 14.5. The van der Waals surface area contributed by atoms with Gasteiger partial charge in [-0.2, -0.15) is 4.98 Å². The van der Waals surface area contributed by atoms with Crippen LogP contribution in [-0.2, 0) is 17.7 Å². The molecule has 5 rings (SSSR count). The number of aromatic nitrogens is 4. The Hall–Kier alpha value is -2.87. The second-order valence-corrected chi connectivity index (χ2v) is 7.72. The first-order chi connectivity index (χ1) is 14.2. The van der Waals surface area contributed by atoms with Gasteiger partial charge in [0.05, 0.1) is 12.8 Å². The van der Waals surface area contributed by atoms with Crippen LogP contribution in [0.1, 0.15) is 36.6 Å². The van der Waals surface area contributed by atoms with Crippen LogP contribution in [0.25, 0.3) is 11.2 Å². The molecule has 1 fully saturated rings. The summed E-state index contributed by atoms with van der Waals surface area (Å²) in [6.07, 6.45) is 3.43. The molecule has 3 aromatic rings. The molecule has 0 unspecified atom stereocenters.